The van der Waals surface area contributed by atoms with Gasteiger partial charge in [0, 0.05) is 22.2 Å². The topological polar surface area (TPSA) is 59.5 Å². The highest BCUT2D eigenvalue weighted by molar-refractivity contribution is 7.14. The van der Waals surface area contributed by atoms with Crippen LogP contribution in [0.2, 0.25) is 0 Å². The van der Waals surface area contributed by atoms with Crippen LogP contribution in [-0.4, -0.2) is 31.0 Å². The molecule has 1 amide bonds. The van der Waals surface area contributed by atoms with Gasteiger partial charge >= 0.3 is 5.97 Å². The van der Waals surface area contributed by atoms with Crippen LogP contribution < -0.4 is 4.90 Å². The lowest BCUT2D eigenvalue weighted by atomic mass is 10.2. The van der Waals surface area contributed by atoms with E-state index in [2.05, 4.69) is 9.72 Å². The highest BCUT2D eigenvalue weighted by Gasteiger charge is 2.20. The molecule has 2 heterocycles. The number of methoxy groups -OCH3 is 1. The standard InChI is InChI=1S/C14H16N2O3S2/c1-8-5-11(9(2)21-8)13(18)16(3)14-15-10(7-20-14)6-12(17)19-4/h5,7H,6H2,1-4H3. The summed E-state index contributed by atoms with van der Waals surface area (Å²) < 4.78 is 4.61. The second kappa shape index (κ2) is 6.36. The molecular weight excluding hydrogens is 308 g/mol. The molecule has 0 saturated carbocycles. The number of carbonyl (C=O) groups is 2. The Morgan fingerprint density at radius 1 is 1.38 bits per heavy atom. The largest absolute Gasteiger partial charge is 0.469 e. The van der Waals surface area contributed by atoms with E-state index in [1.165, 1.54) is 23.3 Å². The number of thiazole rings is 1. The fraction of sp³-hybridized carbons (Fsp3) is 0.357. The van der Waals surface area contributed by atoms with Gasteiger partial charge in [-0.15, -0.1) is 22.7 Å². The van der Waals surface area contributed by atoms with Gasteiger partial charge in [-0.1, -0.05) is 0 Å². The Hall–Kier alpha value is -1.73. The van der Waals surface area contributed by atoms with Gasteiger partial charge in [-0.25, -0.2) is 4.98 Å². The van der Waals surface area contributed by atoms with Crippen molar-refractivity contribution in [2.75, 3.05) is 19.1 Å². The van der Waals surface area contributed by atoms with Gasteiger partial charge in [0.25, 0.3) is 5.91 Å². The minimum atomic E-state index is -0.342. The Kier molecular flexibility index (Phi) is 4.74. The van der Waals surface area contributed by atoms with Crippen LogP contribution in [0.3, 0.4) is 0 Å². The van der Waals surface area contributed by atoms with Crippen LogP contribution in [0.1, 0.15) is 25.8 Å². The Bertz CT molecular complexity index is 676. The molecule has 5 nitrogen and oxygen atoms in total. The van der Waals surface area contributed by atoms with Gasteiger partial charge in [-0.05, 0) is 19.9 Å². The first-order chi connectivity index (χ1) is 9.92. The van der Waals surface area contributed by atoms with Crippen molar-refractivity contribution in [3.63, 3.8) is 0 Å². The van der Waals surface area contributed by atoms with Crippen LogP contribution in [-0.2, 0) is 16.0 Å². The van der Waals surface area contributed by atoms with Crippen LogP contribution >= 0.6 is 22.7 Å². The van der Waals surface area contributed by atoms with Crippen molar-refractivity contribution in [2.45, 2.75) is 20.3 Å². The third-order valence-corrected chi connectivity index (χ3v) is 4.89. The van der Waals surface area contributed by atoms with Crippen molar-refractivity contribution < 1.29 is 14.3 Å². The summed E-state index contributed by atoms with van der Waals surface area (Å²) in [5.74, 6) is -0.430. The van der Waals surface area contributed by atoms with Crippen molar-refractivity contribution >= 4 is 39.7 Å². The van der Waals surface area contributed by atoms with Crippen molar-refractivity contribution in [3.05, 3.63) is 32.5 Å². The molecule has 0 saturated heterocycles. The zero-order valence-corrected chi connectivity index (χ0v) is 13.9. The van der Waals surface area contributed by atoms with Crippen LogP contribution in [0, 0.1) is 13.8 Å². The molecule has 0 aliphatic rings. The van der Waals surface area contributed by atoms with Gasteiger partial charge in [-0.2, -0.15) is 0 Å². The molecule has 0 aliphatic heterocycles. The van der Waals surface area contributed by atoms with E-state index in [-0.39, 0.29) is 18.3 Å². The van der Waals surface area contributed by atoms with E-state index >= 15 is 0 Å². The number of aryl methyl sites for hydroxylation is 2. The minimum absolute atomic E-state index is 0.0872. The van der Waals surface area contributed by atoms with Gasteiger partial charge < -0.3 is 4.74 Å². The van der Waals surface area contributed by atoms with E-state index in [9.17, 15) is 9.59 Å². The van der Waals surface area contributed by atoms with E-state index in [1.807, 2.05) is 19.9 Å². The molecule has 0 aromatic carbocycles. The molecule has 2 aromatic heterocycles. The summed E-state index contributed by atoms with van der Waals surface area (Å²) in [6.45, 7) is 3.91. The lowest BCUT2D eigenvalue weighted by Crippen LogP contribution is -2.26. The maximum atomic E-state index is 12.5. The molecule has 2 aromatic rings. The molecule has 0 radical (unpaired) electrons. The summed E-state index contributed by atoms with van der Waals surface area (Å²) in [6, 6.07) is 1.89. The number of nitrogens with zero attached hydrogens (tertiary/aromatic N) is 2. The van der Waals surface area contributed by atoms with Crippen molar-refractivity contribution in [1.82, 2.24) is 4.98 Å². The maximum Gasteiger partial charge on any atom is 0.311 e. The van der Waals surface area contributed by atoms with Gasteiger partial charge in [0.15, 0.2) is 5.13 Å². The summed E-state index contributed by atoms with van der Waals surface area (Å²) in [6.07, 6.45) is 0.117. The maximum absolute atomic E-state index is 12.5. The minimum Gasteiger partial charge on any atom is -0.469 e. The highest BCUT2D eigenvalue weighted by Crippen LogP contribution is 2.26. The highest BCUT2D eigenvalue weighted by atomic mass is 32.1. The van der Waals surface area contributed by atoms with Crippen LogP contribution in [0.4, 0.5) is 5.13 Å². The quantitative estimate of drug-likeness (QED) is 0.812. The third-order valence-electron chi connectivity index (χ3n) is 2.96. The smallest absolute Gasteiger partial charge is 0.311 e. The van der Waals surface area contributed by atoms with E-state index in [4.69, 9.17) is 0 Å². The molecule has 7 heteroatoms. The SMILES string of the molecule is COC(=O)Cc1csc(N(C)C(=O)c2cc(C)sc2C)n1. The molecule has 2 rings (SSSR count). The van der Waals surface area contributed by atoms with Crippen molar-refractivity contribution in [1.29, 1.82) is 0 Å². The number of ether oxygens (including phenoxy) is 1. The lowest BCUT2D eigenvalue weighted by Gasteiger charge is -2.13. The summed E-state index contributed by atoms with van der Waals surface area (Å²) in [7, 11) is 3.03. The molecule has 21 heavy (non-hydrogen) atoms. The first-order valence-corrected chi connectivity index (χ1v) is 7.98. The normalized spacial score (nSPS) is 10.5. The zero-order valence-electron chi connectivity index (χ0n) is 12.3. The zero-order chi connectivity index (χ0) is 15.6. The average molecular weight is 324 g/mol. The molecule has 0 fully saturated rings. The Morgan fingerprint density at radius 2 is 2.10 bits per heavy atom. The molecule has 0 spiro atoms. The van der Waals surface area contributed by atoms with Crippen molar-refractivity contribution in [3.8, 4) is 0 Å². The Balaban J connectivity index is 2.16. The number of thiophene rings is 1. The monoisotopic (exact) mass is 324 g/mol. The number of rotatable bonds is 4. The molecular formula is C14H16N2O3S2. The molecule has 0 atom stereocenters. The predicted octanol–water partition coefficient (Wildman–Crippen LogP) is 2.81. The molecule has 112 valence electrons. The summed E-state index contributed by atoms with van der Waals surface area (Å²) in [5.41, 5.74) is 1.31. The number of carbonyl (C=O) groups excluding carboxylic acids is 2. The predicted molar refractivity (Wildman–Crippen MR) is 84.4 cm³/mol. The molecule has 0 unspecified atom stereocenters. The first-order valence-electron chi connectivity index (χ1n) is 6.28. The van der Waals surface area contributed by atoms with E-state index in [0.29, 0.717) is 16.4 Å². The first kappa shape index (κ1) is 15.7. The number of amides is 1. The van der Waals surface area contributed by atoms with E-state index in [1.54, 1.807) is 23.8 Å². The number of esters is 1. The van der Waals surface area contributed by atoms with Crippen LogP contribution in [0.15, 0.2) is 11.4 Å². The number of hydrogen-bond donors (Lipinski definition) is 0. The van der Waals surface area contributed by atoms with Gasteiger partial charge in [0.1, 0.15) is 0 Å². The van der Waals surface area contributed by atoms with Crippen LogP contribution in [0.25, 0.3) is 0 Å². The van der Waals surface area contributed by atoms with Crippen molar-refractivity contribution in [2.24, 2.45) is 0 Å². The van der Waals surface area contributed by atoms with Gasteiger partial charge in [0.05, 0.1) is 24.8 Å². The summed E-state index contributed by atoms with van der Waals surface area (Å²) in [4.78, 5) is 31.6. The third kappa shape index (κ3) is 3.48. The number of anilines is 1. The van der Waals surface area contributed by atoms with Crippen LogP contribution in [0.5, 0.6) is 0 Å². The molecule has 0 bridgehead atoms. The average Bonchev–Trinajstić information content (AvgIpc) is 3.03. The lowest BCUT2D eigenvalue weighted by molar-refractivity contribution is -0.139. The Morgan fingerprint density at radius 3 is 2.67 bits per heavy atom. The van der Waals surface area contributed by atoms with Gasteiger partial charge in [0.2, 0.25) is 0 Å². The molecule has 0 aliphatic carbocycles. The molecule has 0 N–H and O–H groups in total. The second-order valence-electron chi connectivity index (χ2n) is 4.57. The fourth-order valence-corrected chi connectivity index (χ4v) is 3.57. The number of aromatic nitrogens is 1. The second-order valence-corrected chi connectivity index (χ2v) is 6.86. The summed E-state index contributed by atoms with van der Waals surface area (Å²) >= 11 is 2.94. The van der Waals surface area contributed by atoms with E-state index < -0.39 is 0 Å². The van der Waals surface area contributed by atoms with Gasteiger partial charge in [-0.3, -0.25) is 14.5 Å². The van der Waals surface area contributed by atoms with E-state index in [0.717, 1.165) is 9.75 Å². The fourth-order valence-electron chi connectivity index (χ4n) is 1.86. The number of hydrogen-bond acceptors (Lipinski definition) is 6. The Labute approximate surface area is 131 Å². The summed E-state index contributed by atoms with van der Waals surface area (Å²) in [5, 5.41) is 2.34.